The van der Waals surface area contributed by atoms with E-state index in [1.807, 2.05) is 13.8 Å². The van der Waals surface area contributed by atoms with Gasteiger partial charge in [0, 0.05) is 18.1 Å². The van der Waals surface area contributed by atoms with Crippen LogP contribution in [0.15, 0.2) is 12.1 Å². The lowest BCUT2D eigenvalue weighted by Crippen LogP contribution is -2.11. The molecule has 18 heavy (non-hydrogen) atoms. The third-order valence-corrected chi connectivity index (χ3v) is 2.60. The van der Waals surface area contributed by atoms with Crippen molar-refractivity contribution in [3.05, 3.63) is 22.7 Å². The van der Waals surface area contributed by atoms with Crippen molar-refractivity contribution in [1.29, 1.82) is 0 Å². The highest BCUT2D eigenvalue weighted by molar-refractivity contribution is 6.34. The summed E-state index contributed by atoms with van der Waals surface area (Å²) in [5.41, 5.74) is 5.79. The van der Waals surface area contributed by atoms with Crippen molar-refractivity contribution >= 4 is 17.4 Å². The smallest absolute Gasteiger partial charge is 0.165 e. The molecule has 0 heterocycles. The third-order valence-electron chi connectivity index (χ3n) is 2.29. The minimum atomic E-state index is -0.0984. The van der Waals surface area contributed by atoms with Crippen molar-refractivity contribution in [2.45, 2.75) is 26.4 Å². The minimum Gasteiger partial charge on any atom is -0.493 e. The van der Waals surface area contributed by atoms with E-state index in [4.69, 9.17) is 26.8 Å². The Bertz CT molecular complexity index is 432. The van der Waals surface area contributed by atoms with Gasteiger partial charge >= 0.3 is 0 Å². The molecule has 1 aromatic carbocycles. The van der Waals surface area contributed by atoms with Crippen LogP contribution in [0.2, 0.25) is 5.02 Å². The third kappa shape index (κ3) is 3.62. The topological polar surface area (TPSA) is 61.5 Å². The number of methoxy groups -OCH3 is 1. The molecule has 0 bridgehead atoms. The fourth-order valence-electron chi connectivity index (χ4n) is 1.52. The van der Waals surface area contributed by atoms with Crippen molar-refractivity contribution in [3.63, 3.8) is 0 Å². The number of ketones is 1. The highest BCUT2D eigenvalue weighted by Gasteiger charge is 2.16. The predicted octanol–water partition coefficient (Wildman–Crippen LogP) is 2.67. The Labute approximate surface area is 112 Å². The number of Topliss-reactive ketones (excluding diaryl/α,β-unsaturated/α-hetero) is 1. The number of hydrogen-bond donors (Lipinski definition) is 1. The van der Waals surface area contributed by atoms with E-state index in [1.165, 1.54) is 7.11 Å². The zero-order valence-electron chi connectivity index (χ0n) is 10.8. The number of hydrogen-bond acceptors (Lipinski definition) is 4. The molecular weight excluding hydrogens is 254 g/mol. The number of rotatable bonds is 6. The van der Waals surface area contributed by atoms with E-state index in [0.29, 0.717) is 28.6 Å². The highest BCUT2D eigenvalue weighted by Crippen LogP contribution is 2.34. The van der Waals surface area contributed by atoms with Gasteiger partial charge in [0.2, 0.25) is 0 Å². The lowest BCUT2D eigenvalue weighted by atomic mass is 10.1. The number of ether oxygens (including phenoxy) is 2. The molecule has 1 rings (SSSR count). The normalized spacial score (nSPS) is 10.6. The summed E-state index contributed by atoms with van der Waals surface area (Å²) in [6.45, 7) is 4.09. The zero-order valence-corrected chi connectivity index (χ0v) is 11.6. The SMILES string of the molecule is COc1cc(Cl)c(C(=O)CCN)cc1OC(C)C. The standard InChI is InChI=1S/C13H18ClNO3/c1-8(2)18-13-6-9(11(16)4-5-15)10(14)7-12(13)17-3/h6-8H,4-5,15H2,1-3H3. The molecule has 0 saturated heterocycles. The van der Waals surface area contributed by atoms with Crippen LogP contribution in [-0.4, -0.2) is 25.5 Å². The molecule has 100 valence electrons. The monoisotopic (exact) mass is 271 g/mol. The Kier molecular flexibility index (Phi) is 5.44. The van der Waals surface area contributed by atoms with E-state index in [0.717, 1.165) is 0 Å². The van der Waals surface area contributed by atoms with Gasteiger partial charge in [0.25, 0.3) is 0 Å². The maximum atomic E-state index is 11.8. The second-order valence-corrected chi connectivity index (χ2v) is 4.52. The Morgan fingerprint density at radius 3 is 2.56 bits per heavy atom. The summed E-state index contributed by atoms with van der Waals surface area (Å²) >= 11 is 6.05. The fraction of sp³-hybridized carbons (Fsp3) is 0.462. The first-order valence-electron chi connectivity index (χ1n) is 5.77. The van der Waals surface area contributed by atoms with Gasteiger partial charge in [-0.1, -0.05) is 11.6 Å². The summed E-state index contributed by atoms with van der Waals surface area (Å²) in [6.07, 6.45) is 0.241. The summed E-state index contributed by atoms with van der Waals surface area (Å²) in [5.74, 6) is 0.925. The molecule has 4 nitrogen and oxygen atoms in total. The number of carbonyl (C=O) groups excluding carboxylic acids is 1. The Morgan fingerprint density at radius 2 is 2.06 bits per heavy atom. The molecule has 0 unspecified atom stereocenters. The van der Waals surface area contributed by atoms with Gasteiger partial charge in [-0.2, -0.15) is 0 Å². The molecule has 0 aliphatic rings. The number of halogens is 1. The van der Waals surface area contributed by atoms with Gasteiger partial charge in [-0.25, -0.2) is 0 Å². The quantitative estimate of drug-likeness (QED) is 0.808. The Hall–Kier alpha value is -1.26. The van der Waals surface area contributed by atoms with Crippen LogP contribution >= 0.6 is 11.6 Å². The maximum Gasteiger partial charge on any atom is 0.165 e. The average molecular weight is 272 g/mol. The molecule has 0 spiro atoms. The number of benzene rings is 1. The number of nitrogens with two attached hydrogens (primary N) is 1. The van der Waals surface area contributed by atoms with E-state index < -0.39 is 0 Å². The predicted molar refractivity (Wildman–Crippen MR) is 71.8 cm³/mol. The van der Waals surface area contributed by atoms with Crippen molar-refractivity contribution < 1.29 is 14.3 Å². The van der Waals surface area contributed by atoms with Gasteiger partial charge in [-0.05, 0) is 26.5 Å². The molecule has 1 aromatic rings. The molecule has 0 fully saturated rings. The first kappa shape index (κ1) is 14.8. The first-order chi connectivity index (χ1) is 8.49. The van der Waals surface area contributed by atoms with Gasteiger partial charge < -0.3 is 15.2 Å². The van der Waals surface area contributed by atoms with Crippen molar-refractivity contribution in [2.24, 2.45) is 5.73 Å². The van der Waals surface area contributed by atoms with Crippen LogP contribution in [0.3, 0.4) is 0 Å². The molecule has 0 amide bonds. The van der Waals surface area contributed by atoms with E-state index in [-0.39, 0.29) is 18.3 Å². The molecule has 5 heteroatoms. The molecule has 0 radical (unpaired) electrons. The summed E-state index contributed by atoms with van der Waals surface area (Å²) < 4.78 is 10.8. The highest BCUT2D eigenvalue weighted by atomic mass is 35.5. The van der Waals surface area contributed by atoms with Crippen molar-refractivity contribution in [2.75, 3.05) is 13.7 Å². The van der Waals surface area contributed by atoms with Gasteiger partial charge in [-0.15, -0.1) is 0 Å². The average Bonchev–Trinajstić information content (AvgIpc) is 2.30. The lowest BCUT2D eigenvalue weighted by molar-refractivity contribution is 0.0984. The van der Waals surface area contributed by atoms with Crippen LogP contribution in [0.1, 0.15) is 30.6 Å². The second-order valence-electron chi connectivity index (χ2n) is 4.11. The second kappa shape index (κ2) is 6.61. The van der Waals surface area contributed by atoms with Gasteiger partial charge in [0.1, 0.15) is 0 Å². The summed E-state index contributed by atoms with van der Waals surface area (Å²) in [7, 11) is 1.53. The van der Waals surface area contributed by atoms with Crippen LogP contribution in [0.5, 0.6) is 11.5 Å². The molecule has 0 aromatic heterocycles. The first-order valence-corrected chi connectivity index (χ1v) is 6.14. The fourth-order valence-corrected chi connectivity index (χ4v) is 1.78. The van der Waals surface area contributed by atoms with E-state index in [1.54, 1.807) is 12.1 Å². The number of carbonyl (C=O) groups is 1. The molecule has 0 aliphatic heterocycles. The van der Waals surface area contributed by atoms with E-state index in [9.17, 15) is 4.79 Å². The van der Waals surface area contributed by atoms with E-state index in [2.05, 4.69) is 0 Å². The van der Waals surface area contributed by atoms with Gasteiger partial charge in [-0.3, -0.25) is 4.79 Å². The maximum absolute atomic E-state index is 11.8. The van der Waals surface area contributed by atoms with Crippen LogP contribution in [0, 0.1) is 0 Å². The summed E-state index contributed by atoms with van der Waals surface area (Å²) in [5, 5.41) is 0.349. The van der Waals surface area contributed by atoms with Crippen molar-refractivity contribution in [3.8, 4) is 11.5 Å². The molecule has 2 N–H and O–H groups in total. The molecule has 0 atom stereocenters. The molecule has 0 aliphatic carbocycles. The minimum absolute atomic E-state index is 0.0162. The Morgan fingerprint density at radius 1 is 1.39 bits per heavy atom. The van der Waals surface area contributed by atoms with Gasteiger partial charge in [0.15, 0.2) is 17.3 Å². The summed E-state index contributed by atoms with van der Waals surface area (Å²) in [4.78, 5) is 11.8. The van der Waals surface area contributed by atoms with Gasteiger partial charge in [0.05, 0.1) is 18.2 Å². The zero-order chi connectivity index (χ0) is 13.7. The van der Waals surface area contributed by atoms with Crippen LogP contribution < -0.4 is 15.2 Å². The van der Waals surface area contributed by atoms with Crippen LogP contribution in [0.4, 0.5) is 0 Å². The lowest BCUT2D eigenvalue weighted by Gasteiger charge is -2.15. The van der Waals surface area contributed by atoms with Crippen molar-refractivity contribution in [1.82, 2.24) is 0 Å². The Balaban J connectivity index is 3.16. The largest absolute Gasteiger partial charge is 0.493 e. The van der Waals surface area contributed by atoms with E-state index >= 15 is 0 Å². The summed E-state index contributed by atoms with van der Waals surface area (Å²) in [6, 6.07) is 3.20. The van der Waals surface area contributed by atoms with Crippen LogP contribution in [-0.2, 0) is 0 Å². The van der Waals surface area contributed by atoms with Crippen LogP contribution in [0.25, 0.3) is 0 Å². The molecular formula is C13H18ClNO3. The molecule has 0 saturated carbocycles.